The molecule has 0 aromatic heterocycles. The Bertz CT molecular complexity index is 335. The average Bonchev–Trinajstić information content (AvgIpc) is 2.22. The molecule has 0 saturated heterocycles. The average molecular weight is 280 g/mol. The van der Waals surface area contributed by atoms with Crippen LogP contribution in [0.15, 0.2) is 30.3 Å². The Labute approximate surface area is 115 Å². The predicted octanol–water partition coefficient (Wildman–Crippen LogP) is 4.59. The van der Waals surface area contributed by atoms with Gasteiger partial charge in [-0.15, -0.1) is 0 Å². The molecular weight excluding hydrogens is 250 g/mol. The Hall–Kier alpha value is -0.386. The minimum atomic E-state index is -1.17. The monoisotopic (exact) mass is 279 g/mol. The lowest BCUT2D eigenvalue weighted by atomic mass is 10.1. The molecule has 0 bridgehead atoms. The molecular formula is C15H29NSi2. The zero-order valence-electron chi connectivity index (χ0n) is 13.0. The highest BCUT2D eigenvalue weighted by molar-refractivity contribution is 6.89. The molecule has 0 radical (unpaired) electrons. The smallest absolute Gasteiger partial charge is 0.112 e. The van der Waals surface area contributed by atoms with Gasteiger partial charge in [-0.2, -0.15) is 0 Å². The molecule has 1 aromatic rings. The predicted molar refractivity (Wildman–Crippen MR) is 88.2 cm³/mol. The van der Waals surface area contributed by atoms with Crippen LogP contribution in [0.4, 0.5) is 0 Å². The van der Waals surface area contributed by atoms with Crippen molar-refractivity contribution in [1.82, 2.24) is 4.23 Å². The molecule has 0 aliphatic heterocycles. The molecule has 1 rings (SSSR count). The highest BCUT2D eigenvalue weighted by Crippen LogP contribution is 2.20. The summed E-state index contributed by atoms with van der Waals surface area (Å²) in [6.07, 6.45) is 2.50. The van der Waals surface area contributed by atoms with Crippen molar-refractivity contribution in [2.24, 2.45) is 0 Å². The van der Waals surface area contributed by atoms with Crippen LogP contribution in [0.25, 0.3) is 0 Å². The third-order valence-electron chi connectivity index (χ3n) is 3.31. The summed E-state index contributed by atoms with van der Waals surface area (Å²) in [5.41, 5.74) is 1.48. The number of benzene rings is 1. The first-order chi connectivity index (χ1) is 8.21. The fourth-order valence-electron chi connectivity index (χ4n) is 2.76. The number of rotatable bonds is 6. The minimum Gasteiger partial charge on any atom is -0.346 e. The zero-order valence-corrected chi connectivity index (χ0v) is 15.0. The fourth-order valence-corrected chi connectivity index (χ4v) is 12.5. The minimum absolute atomic E-state index is 1.17. The van der Waals surface area contributed by atoms with E-state index in [9.17, 15) is 0 Å². The molecule has 0 saturated carbocycles. The maximum Gasteiger partial charge on any atom is 0.112 e. The van der Waals surface area contributed by atoms with E-state index in [2.05, 4.69) is 73.8 Å². The summed E-state index contributed by atoms with van der Waals surface area (Å²) in [6, 6.07) is 10.9. The molecule has 0 spiro atoms. The second-order valence-electron chi connectivity index (χ2n) is 7.08. The molecule has 0 unspecified atom stereocenters. The van der Waals surface area contributed by atoms with Gasteiger partial charge in [0.05, 0.1) is 0 Å². The molecule has 18 heavy (non-hydrogen) atoms. The topological polar surface area (TPSA) is 3.24 Å². The van der Waals surface area contributed by atoms with Crippen LogP contribution in [-0.4, -0.2) is 27.2 Å². The van der Waals surface area contributed by atoms with E-state index in [0.29, 0.717) is 0 Å². The second kappa shape index (κ2) is 6.17. The third kappa shape index (κ3) is 5.08. The molecule has 1 aromatic carbocycles. The fraction of sp³-hybridized carbons (Fsp3) is 0.600. The molecule has 0 amide bonds. The van der Waals surface area contributed by atoms with Crippen molar-refractivity contribution < 1.29 is 0 Å². The van der Waals surface area contributed by atoms with Crippen LogP contribution in [0.5, 0.6) is 0 Å². The van der Waals surface area contributed by atoms with Crippen molar-refractivity contribution >= 4 is 16.5 Å². The van der Waals surface area contributed by atoms with Crippen LogP contribution in [-0.2, 0) is 6.42 Å². The van der Waals surface area contributed by atoms with E-state index in [4.69, 9.17) is 0 Å². The van der Waals surface area contributed by atoms with Gasteiger partial charge in [0.25, 0.3) is 0 Å². The quantitative estimate of drug-likeness (QED) is 0.688. The van der Waals surface area contributed by atoms with Gasteiger partial charge < -0.3 is 4.23 Å². The first-order valence-corrected chi connectivity index (χ1v) is 13.9. The molecule has 0 aliphatic rings. The summed E-state index contributed by atoms with van der Waals surface area (Å²) in [4.78, 5) is 0. The SMILES string of the molecule is C[Si](C)(C)N(CCCc1ccccc1)[Si](C)(C)C. The van der Waals surface area contributed by atoms with Crippen LogP contribution in [0.1, 0.15) is 12.0 Å². The number of hydrogen-bond donors (Lipinski definition) is 0. The van der Waals surface area contributed by atoms with E-state index in [-0.39, 0.29) is 0 Å². The lowest BCUT2D eigenvalue weighted by molar-refractivity contribution is 0.581. The van der Waals surface area contributed by atoms with Crippen molar-refractivity contribution in [3.8, 4) is 0 Å². The Balaban J connectivity index is 2.54. The van der Waals surface area contributed by atoms with Gasteiger partial charge in [0.2, 0.25) is 0 Å². The zero-order chi connectivity index (χ0) is 13.8. The first-order valence-electron chi connectivity index (χ1n) is 7.03. The molecule has 0 fully saturated rings. The Morgan fingerprint density at radius 1 is 0.833 bits per heavy atom. The normalized spacial score (nSPS) is 13.1. The van der Waals surface area contributed by atoms with Crippen molar-refractivity contribution in [3.63, 3.8) is 0 Å². The first kappa shape index (κ1) is 15.7. The van der Waals surface area contributed by atoms with E-state index >= 15 is 0 Å². The van der Waals surface area contributed by atoms with Crippen molar-refractivity contribution in [3.05, 3.63) is 35.9 Å². The van der Waals surface area contributed by atoms with Crippen LogP contribution >= 0.6 is 0 Å². The number of aryl methyl sites for hydroxylation is 1. The Morgan fingerprint density at radius 3 is 1.78 bits per heavy atom. The van der Waals surface area contributed by atoms with Crippen LogP contribution in [0.3, 0.4) is 0 Å². The van der Waals surface area contributed by atoms with E-state index < -0.39 is 16.5 Å². The van der Waals surface area contributed by atoms with Crippen LogP contribution in [0.2, 0.25) is 39.3 Å². The summed E-state index contributed by atoms with van der Waals surface area (Å²) in [6.45, 7) is 16.2. The second-order valence-corrected chi connectivity index (χ2v) is 17.3. The van der Waals surface area contributed by atoms with Crippen molar-refractivity contribution in [1.29, 1.82) is 0 Å². The standard InChI is InChI=1S/C15H29NSi2/c1-17(2,3)16(18(4,5)6)14-10-13-15-11-8-7-9-12-15/h7-9,11-12H,10,13-14H2,1-6H3. The van der Waals surface area contributed by atoms with E-state index in [1.165, 1.54) is 24.9 Å². The van der Waals surface area contributed by atoms with Gasteiger partial charge in [-0.25, -0.2) is 0 Å². The van der Waals surface area contributed by atoms with Gasteiger partial charge in [-0.3, -0.25) is 0 Å². The van der Waals surface area contributed by atoms with Gasteiger partial charge in [-0.1, -0.05) is 69.6 Å². The summed E-state index contributed by atoms with van der Waals surface area (Å²) >= 11 is 0. The Kier molecular flexibility index (Phi) is 5.37. The highest BCUT2D eigenvalue weighted by Gasteiger charge is 2.33. The number of nitrogens with zero attached hydrogens (tertiary/aromatic N) is 1. The molecule has 0 atom stereocenters. The van der Waals surface area contributed by atoms with Gasteiger partial charge in [0.1, 0.15) is 16.5 Å². The van der Waals surface area contributed by atoms with Crippen molar-refractivity contribution in [2.75, 3.05) is 6.54 Å². The maximum atomic E-state index is 2.88. The van der Waals surface area contributed by atoms with E-state index in [0.717, 1.165) is 0 Å². The van der Waals surface area contributed by atoms with Gasteiger partial charge in [0, 0.05) is 0 Å². The highest BCUT2D eigenvalue weighted by atomic mass is 28.4. The summed E-state index contributed by atoms with van der Waals surface area (Å²) < 4.78 is 2.88. The Morgan fingerprint density at radius 2 is 1.33 bits per heavy atom. The molecule has 0 heterocycles. The van der Waals surface area contributed by atoms with Crippen LogP contribution < -0.4 is 0 Å². The molecule has 102 valence electrons. The summed E-state index contributed by atoms with van der Waals surface area (Å²) in [5.74, 6) is 0. The van der Waals surface area contributed by atoms with E-state index in [1.54, 1.807) is 0 Å². The summed E-state index contributed by atoms with van der Waals surface area (Å²) in [5, 5.41) is 0. The lowest BCUT2D eigenvalue weighted by Crippen LogP contribution is -2.59. The molecule has 0 aliphatic carbocycles. The number of hydrogen-bond acceptors (Lipinski definition) is 1. The largest absolute Gasteiger partial charge is 0.346 e. The van der Waals surface area contributed by atoms with Crippen molar-refractivity contribution in [2.45, 2.75) is 52.1 Å². The van der Waals surface area contributed by atoms with Gasteiger partial charge >= 0.3 is 0 Å². The van der Waals surface area contributed by atoms with Gasteiger partial charge in [-0.05, 0) is 24.9 Å². The third-order valence-corrected chi connectivity index (χ3v) is 11.0. The summed E-state index contributed by atoms with van der Waals surface area (Å²) in [7, 11) is -2.33. The van der Waals surface area contributed by atoms with Crippen LogP contribution in [0, 0.1) is 0 Å². The lowest BCUT2D eigenvalue weighted by Gasteiger charge is -2.43. The molecule has 3 heteroatoms. The van der Waals surface area contributed by atoms with Gasteiger partial charge in [0.15, 0.2) is 0 Å². The molecule has 1 nitrogen and oxygen atoms in total. The molecule has 0 N–H and O–H groups in total. The van der Waals surface area contributed by atoms with E-state index in [1.807, 2.05) is 0 Å². The maximum absolute atomic E-state index is 2.88.